The molecule has 1 fully saturated rings. The number of rotatable bonds is 4. The van der Waals surface area contributed by atoms with E-state index in [1.165, 1.54) is 0 Å². The standard InChI is InChI=1S/C17H20N4O/c22-17(13-5-2-1-3-6-13)21-15-8-4-7-14(11-15)20-16-12-18-9-10-19-16/h1-3,5-6,9-10,12,14-15H,4,7-8,11H2,(H,19,20)(H,21,22)/t14-,15+/m1/s1. The van der Waals surface area contributed by atoms with Crippen LogP contribution in [0.15, 0.2) is 48.9 Å². The molecule has 2 N–H and O–H groups in total. The number of nitrogens with one attached hydrogen (secondary N) is 2. The van der Waals surface area contributed by atoms with Gasteiger partial charge >= 0.3 is 0 Å². The second kappa shape index (κ2) is 7.02. The van der Waals surface area contributed by atoms with Gasteiger partial charge in [-0.1, -0.05) is 18.2 Å². The quantitative estimate of drug-likeness (QED) is 0.910. The highest BCUT2D eigenvalue weighted by Gasteiger charge is 2.23. The highest BCUT2D eigenvalue weighted by atomic mass is 16.1. The Morgan fingerprint density at radius 3 is 2.68 bits per heavy atom. The first kappa shape index (κ1) is 14.5. The van der Waals surface area contributed by atoms with E-state index < -0.39 is 0 Å². The summed E-state index contributed by atoms with van der Waals surface area (Å²) >= 11 is 0. The molecule has 5 nitrogen and oxygen atoms in total. The normalized spacial score (nSPS) is 21.1. The van der Waals surface area contributed by atoms with E-state index in [4.69, 9.17) is 0 Å². The van der Waals surface area contributed by atoms with E-state index in [-0.39, 0.29) is 11.9 Å². The molecule has 1 aromatic heterocycles. The van der Waals surface area contributed by atoms with Crippen molar-refractivity contribution in [2.24, 2.45) is 0 Å². The van der Waals surface area contributed by atoms with Gasteiger partial charge in [0.25, 0.3) is 5.91 Å². The van der Waals surface area contributed by atoms with Gasteiger partial charge in [0.2, 0.25) is 0 Å². The first-order valence-electron chi connectivity index (χ1n) is 7.70. The Morgan fingerprint density at radius 2 is 1.91 bits per heavy atom. The molecule has 0 radical (unpaired) electrons. The van der Waals surface area contributed by atoms with Crippen molar-refractivity contribution in [3.8, 4) is 0 Å². The third kappa shape index (κ3) is 3.81. The summed E-state index contributed by atoms with van der Waals surface area (Å²) in [5.74, 6) is 0.799. The van der Waals surface area contributed by atoms with Crippen LogP contribution in [0.3, 0.4) is 0 Å². The van der Waals surface area contributed by atoms with E-state index in [2.05, 4.69) is 20.6 Å². The molecule has 1 saturated carbocycles. The maximum atomic E-state index is 12.2. The van der Waals surface area contributed by atoms with Crippen LogP contribution in [0.5, 0.6) is 0 Å². The monoisotopic (exact) mass is 296 g/mol. The smallest absolute Gasteiger partial charge is 0.251 e. The SMILES string of the molecule is O=C(N[C@H]1CCC[C@@H](Nc2cnccn2)C1)c1ccccc1. The number of benzene rings is 1. The van der Waals surface area contributed by atoms with Crippen LogP contribution in [0.25, 0.3) is 0 Å². The molecule has 1 aromatic carbocycles. The number of amides is 1. The molecule has 0 saturated heterocycles. The van der Waals surface area contributed by atoms with E-state index in [9.17, 15) is 4.79 Å². The van der Waals surface area contributed by atoms with Crippen molar-refractivity contribution in [1.29, 1.82) is 0 Å². The van der Waals surface area contributed by atoms with E-state index >= 15 is 0 Å². The Hall–Kier alpha value is -2.43. The Balaban J connectivity index is 1.55. The molecule has 0 unspecified atom stereocenters. The third-order valence-electron chi connectivity index (χ3n) is 3.96. The lowest BCUT2D eigenvalue weighted by Gasteiger charge is -2.30. The van der Waals surface area contributed by atoms with Crippen molar-refractivity contribution in [1.82, 2.24) is 15.3 Å². The summed E-state index contributed by atoms with van der Waals surface area (Å²) in [5, 5.41) is 6.53. The lowest BCUT2D eigenvalue weighted by molar-refractivity contribution is 0.0926. The van der Waals surface area contributed by atoms with Crippen molar-refractivity contribution in [2.45, 2.75) is 37.8 Å². The summed E-state index contributed by atoms with van der Waals surface area (Å²) in [5.41, 5.74) is 0.714. The van der Waals surface area contributed by atoms with Gasteiger partial charge < -0.3 is 10.6 Å². The van der Waals surface area contributed by atoms with E-state index in [1.807, 2.05) is 30.3 Å². The van der Waals surface area contributed by atoms with Gasteiger partial charge in [-0.05, 0) is 37.8 Å². The van der Waals surface area contributed by atoms with Crippen LogP contribution in [0.2, 0.25) is 0 Å². The molecule has 5 heteroatoms. The van der Waals surface area contributed by atoms with Gasteiger partial charge in [-0.2, -0.15) is 0 Å². The van der Waals surface area contributed by atoms with E-state index in [0.29, 0.717) is 11.6 Å². The predicted octanol–water partition coefficient (Wildman–Crippen LogP) is 2.63. The number of aromatic nitrogens is 2. The first-order valence-corrected chi connectivity index (χ1v) is 7.70. The molecule has 114 valence electrons. The van der Waals surface area contributed by atoms with Crippen LogP contribution >= 0.6 is 0 Å². The second-order valence-electron chi connectivity index (χ2n) is 5.63. The van der Waals surface area contributed by atoms with Crippen molar-refractivity contribution in [3.63, 3.8) is 0 Å². The zero-order valence-corrected chi connectivity index (χ0v) is 12.4. The Morgan fingerprint density at radius 1 is 1.09 bits per heavy atom. The molecule has 0 spiro atoms. The summed E-state index contributed by atoms with van der Waals surface area (Å²) in [6.07, 6.45) is 9.19. The lowest BCUT2D eigenvalue weighted by Crippen LogP contribution is -2.41. The van der Waals surface area contributed by atoms with Gasteiger partial charge in [-0.15, -0.1) is 0 Å². The fourth-order valence-electron chi connectivity index (χ4n) is 2.89. The van der Waals surface area contributed by atoms with Gasteiger partial charge in [0.1, 0.15) is 5.82 Å². The maximum absolute atomic E-state index is 12.2. The van der Waals surface area contributed by atoms with Crippen LogP contribution < -0.4 is 10.6 Å². The van der Waals surface area contributed by atoms with Crippen molar-refractivity contribution >= 4 is 11.7 Å². The summed E-state index contributed by atoms with van der Waals surface area (Å²) in [7, 11) is 0. The number of hydrogen-bond donors (Lipinski definition) is 2. The summed E-state index contributed by atoms with van der Waals surface area (Å²) in [6.45, 7) is 0. The molecule has 1 heterocycles. The van der Waals surface area contributed by atoms with Crippen molar-refractivity contribution in [2.75, 3.05) is 5.32 Å². The van der Waals surface area contributed by atoms with Crippen molar-refractivity contribution in [3.05, 3.63) is 54.5 Å². The highest BCUT2D eigenvalue weighted by Crippen LogP contribution is 2.21. The molecule has 2 aromatic rings. The molecule has 3 rings (SSSR count). The average Bonchev–Trinajstić information content (AvgIpc) is 2.57. The molecule has 1 aliphatic carbocycles. The third-order valence-corrected chi connectivity index (χ3v) is 3.96. The highest BCUT2D eigenvalue weighted by molar-refractivity contribution is 5.94. The molecule has 1 amide bonds. The zero-order valence-electron chi connectivity index (χ0n) is 12.4. The molecular formula is C17H20N4O. The van der Waals surface area contributed by atoms with Gasteiger partial charge in [0.15, 0.2) is 0 Å². The molecule has 1 aliphatic rings. The Kier molecular flexibility index (Phi) is 4.63. The number of hydrogen-bond acceptors (Lipinski definition) is 4. The summed E-state index contributed by atoms with van der Waals surface area (Å²) in [4.78, 5) is 20.5. The largest absolute Gasteiger partial charge is 0.366 e. The van der Waals surface area contributed by atoms with Crippen molar-refractivity contribution < 1.29 is 4.79 Å². The summed E-state index contributed by atoms with van der Waals surface area (Å²) in [6, 6.07) is 9.89. The Bertz CT molecular complexity index is 603. The fraction of sp³-hybridized carbons (Fsp3) is 0.353. The molecule has 22 heavy (non-hydrogen) atoms. The van der Waals surface area contributed by atoms with Gasteiger partial charge in [-0.3, -0.25) is 9.78 Å². The maximum Gasteiger partial charge on any atom is 0.251 e. The van der Waals surface area contributed by atoms with Gasteiger partial charge in [-0.25, -0.2) is 4.98 Å². The fourth-order valence-corrected chi connectivity index (χ4v) is 2.89. The minimum atomic E-state index is 0.00533. The molecule has 0 bridgehead atoms. The number of carbonyl (C=O) groups is 1. The second-order valence-corrected chi connectivity index (χ2v) is 5.63. The first-order chi connectivity index (χ1) is 10.8. The van der Waals surface area contributed by atoms with Gasteiger partial charge in [0.05, 0.1) is 6.20 Å². The lowest BCUT2D eigenvalue weighted by atomic mass is 9.90. The zero-order chi connectivity index (χ0) is 15.2. The topological polar surface area (TPSA) is 66.9 Å². The number of nitrogens with zero attached hydrogens (tertiary/aromatic N) is 2. The molecule has 2 atom stereocenters. The van der Waals surface area contributed by atoms with Crippen LogP contribution in [-0.4, -0.2) is 28.0 Å². The van der Waals surface area contributed by atoms with Crippen LogP contribution in [-0.2, 0) is 0 Å². The van der Waals surface area contributed by atoms with Crippen LogP contribution in [0.1, 0.15) is 36.0 Å². The average molecular weight is 296 g/mol. The van der Waals surface area contributed by atoms with Crippen LogP contribution in [0, 0.1) is 0 Å². The minimum absolute atomic E-state index is 0.00533. The molecular weight excluding hydrogens is 276 g/mol. The van der Waals surface area contributed by atoms with Crippen LogP contribution in [0.4, 0.5) is 5.82 Å². The predicted molar refractivity (Wildman–Crippen MR) is 85.6 cm³/mol. The number of anilines is 1. The minimum Gasteiger partial charge on any atom is -0.366 e. The van der Waals surface area contributed by atoms with Gasteiger partial charge in [0, 0.05) is 30.0 Å². The number of carbonyl (C=O) groups excluding carboxylic acids is 1. The van der Waals surface area contributed by atoms with E-state index in [0.717, 1.165) is 31.5 Å². The van der Waals surface area contributed by atoms with E-state index in [1.54, 1.807) is 18.6 Å². The summed E-state index contributed by atoms with van der Waals surface area (Å²) < 4.78 is 0. The molecule has 0 aliphatic heterocycles. The Labute approximate surface area is 130 Å².